The Morgan fingerprint density at radius 2 is 1.33 bits per heavy atom. The minimum Gasteiger partial charge on any atom is -0.481 e. The zero-order valence-corrected chi connectivity index (χ0v) is 24.5. The summed E-state index contributed by atoms with van der Waals surface area (Å²) in [4.78, 5) is 77.2. The van der Waals surface area contributed by atoms with Crippen LogP contribution in [0.5, 0.6) is 0 Å². The molecule has 0 bridgehead atoms. The summed E-state index contributed by atoms with van der Waals surface area (Å²) >= 11 is 0. The first-order valence-corrected chi connectivity index (χ1v) is 15.4. The van der Waals surface area contributed by atoms with Gasteiger partial charge in [-0.25, -0.2) is 10.9 Å². The molecule has 1 heterocycles. The maximum absolute atomic E-state index is 13.4. The normalized spacial score (nSPS) is 20.3. The molecule has 0 radical (unpaired) electrons. The number of fused-ring (bicyclic) bond motifs is 2. The van der Waals surface area contributed by atoms with Crippen LogP contribution in [0.3, 0.4) is 0 Å². The number of unbranched alkanes of at least 4 members (excludes halogenated alkanes) is 1. The van der Waals surface area contributed by atoms with Gasteiger partial charge >= 0.3 is 11.9 Å². The maximum Gasteiger partial charge on any atom is 0.305 e. The van der Waals surface area contributed by atoms with Crippen molar-refractivity contribution in [3.63, 3.8) is 0 Å². The summed E-state index contributed by atoms with van der Waals surface area (Å²) in [5, 5.41) is 20.9. The molecule has 3 rings (SSSR count). The van der Waals surface area contributed by atoms with Crippen molar-refractivity contribution in [2.75, 3.05) is 12.0 Å². The zero-order valence-electron chi connectivity index (χ0n) is 22.8. The highest BCUT2D eigenvalue weighted by molar-refractivity contribution is 8.76. The minimum atomic E-state index is -1.80. The number of anilines is 1. The second kappa shape index (κ2) is 16.6. The van der Waals surface area contributed by atoms with E-state index in [1.165, 1.54) is 21.6 Å². The smallest absolute Gasteiger partial charge is 0.305 e. The fraction of sp³-hybridized carbons (Fsp3) is 0.333. The quantitative estimate of drug-likeness (QED) is 0.116. The molecule has 230 valence electrons. The number of carbonyl (C=O) groups excluding carboxylic acids is 4. The predicted molar refractivity (Wildman–Crippen MR) is 159 cm³/mol. The molecule has 3 atom stereocenters. The lowest BCUT2D eigenvalue weighted by Gasteiger charge is -2.24. The number of hydrazine groups is 2. The summed E-state index contributed by atoms with van der Waals surface area (Å²) in [6, 6.07) is 9.26. The van der Waals surface area contributed by atoms with Gasteiger partial charge in [-0.2, -0.15) is 0 Å². The SMILES string of the molecule is NCCCC[C@@H]1NNc2ccccc2SSc2ccccc2C(=O)NN[C@@H](CC(=O)O)C(=O)N[C@@H](CC(=O)O)C(=O)C1=O. The average molecular weight is 633 g/mol. The Bertz CT molecular complexity index is 1360. The van der Waals surface area contributed by atoms with Gasteiger partial charge in [-0.1, -0.05) is 52.3 Å². The van der Waals surface area contributed by atoms with Gasteiger partial charge in [0.05, 0.1) is 30.1 Å². The summed E-state index contributed by atoms with van der Waals surface area (Å²) in [6.07, 6.45) is -0.557. The number of rotatable bonds is 8. The van der Waals surface area contributed by atoms with Crippen molar-refractivity contribution >= 4 is 62.6 Å². The van der Waals surface area contributed by atoms with Crippen LogP contribution in [0.2, 0.25) is 0 Å². The topological polar surface area (TPSA) is 229 Å². The van der Waals surface area contributed by atoms with E-state index in [0.717, 1.165) is 4.90 Å². The molecule has 14 nitrogen and oxygen atoms in total. The minimum absolute atomic E-state index is 0.176. The first kappa shape index (κ1) is 33.5. The lowest BCUT2D eigenvalue weighted by molar-refractivity contribution is -0.145. The van der Waals surface area contributed by atoms with E-state index in [2.05, 4.69) is 27.0 Å². The van der Waals surface area contributed by atoms with Gasteiger partial charge in [0.1, 0.15) is 12.1 Å². The summed E-state index contributed by atoms with van der Waals surface area (Å²) in [5.41, 5.74) is 16.9. The van der Waals surface area contributed by atoms with Crippen LogP contribution < -0.4 is 32.8 Å². The second-order valence-corrected chi connectivity index (χ2v) is 11.6. The van der Waals surface area contributed by atoms with Crippen LogP contribution in [0.25, 0.3) is 0 Å². The molecule has 0 aliphatic carbocycles. The number of amides is 2. The van der Waals surface area contributed by atoms with E-state index in [1.54, 1.807) is 42.5 Å². The van der Waals surface area contributed by atoms with Crippen molar-refractivity contribution < 1.29 is 39.0 Å². The monoisotopic (exact) mass is 632 g/mol. The number of hydrogen-bond donors (Lipinski definition) is 8. The zero-order chi connectivity index (χ0) is 31.4. The molecule has 0 unspecified atom stereocenters. The third kappa shape index (κ3) is 10.1. The van der Waals surface area contributed by atoms with Crippen molar-refractivity contribution in [2.24, 2.45) is 5.73 Å². The first-order valence-electron chi connectivity index (χ1n) is 13.2. The molecule has 0 spiro atoms. The largest absolute Gasteiger partial charge is 0.481 e. The molecular formula is C27H32N6O8S2. The highest BCUT2D eigenvalue weighted by Crippen LogP contribution is 2.41. The van der Waals surface area contributed by atoms with Gasteiger partial charge in [0.2, 0.25) is 17.5 Å². The van der Waals surface area contributed by atoms with Gasteiger partial charge in [-0.15, -0.1) is 0 Å². The van der Waals surface area contributed by atoms with E-state index < -0.39 is 66.3 Å². The van der Waals surface area contributed by atoms with Crippen LogP contribution >= 0.6 is 21.6 Å². The Hall–Kier alpha value is -3.96. The van der Waals surface area contributed by atoms with Crippen LogP contribution in [0, 0.1) is 0 Å². The van der Waals surface area contributed by atoms with Gasteiger partial charge in [0.25, 0.3) is 5.91 Å². The number of aliphatic carboxylic acids is 2. The third-order valence-electron chi connectivity index (χ3n) is 6.19. The summed E-state index contributed by atoms with van der Waals surface area (Å²) in [5.74, 6) is -6.84. The standard InChI is InChI=1S/C27H32N6O8S2/c28-12-6-5-9-17-24(38)25(39)18(13-22(34)35)29-27(41)19(14-23(36)37)32-33-26(40)15-7-1-3-10-20(15)42-43-21-11-4-2-8-16(21)30-31-17/h1-4,7-8,10-11,17-19,30-32H,5-6,9,12-14,28H2,(H,29,41)(H,33,40)(H,34,35)(H,36,37)/t17-,18-,19-/m0/s1. The number of nitrogens with one attached hydrogen (secondary N) is 5. The molecule has 0 saturated carbocycles. The fourth-order valence-electron chi connectivity index (χ4n) is 3.99. The third-order valence-corrected chi connectivity index (χ3v) is 8.68. The molecule has 0 saturated heterocycles. The Morgan fingerprint density at radius 1 is 0.744 bits per heavy atom. The summed E-state index contributed by atoms with van der Waals surface area (Å²) < 4.78 is 0. The van der Waals surface area contributed by atoms with Crippen molar-refractivity contribution in [1.82, 2.24) is 21.6 Å². The Morgan fingerprint density at radius 3 is 2.02 bits per heavy atom. The molecule has 1 aliphatic heterocycles. The van der Waals surface area contributed by atoms with Gasteiger partial charge < -0.3 is 26.7 Å². The van der Waals surface area contributed by atoms with Crippen molar-refractivity contribution in [3.05, 3.63) is 54.1 Å². The van der Waals surface area contributed by atoms with Crippen molar-refractivity contribution in [3.8, 4) is 0 Å². The predicted octanol–water partition coefficient (Wildman–Crippen LogP) is 1.09. The Kier molecular flexibility index (Phi) is 13.0. The number of carboxylic acid groups (broad SMARTS) is 2. The van der Waals surface area contributed by atoms with Gasteiger partial charge in [0, 0.05) is 9.79 Å². The molecule has 0 aromatic heterocycles. The number of Topliss-reactive ketones (excluding diaryl/α,β-unsaturated/α-hetero) is 2. The molecule has 2 aromatic carbocycles. The van der Waals surface area contributed by atoms with Gasteiger partial charge in [0.15, 0.2) is 0 Å². The number of ketones is 2. The average Bonchev–Trinajstić information content (AvgIpc) is 2.98. The number of benzene rings is 2. The van der Waals surface area contributed by atoms with Crippen molar-refractivity contribution in [1.29, 1.82) is 0 Å². The van der Waals surface area contributed by atoms with Crippen LogP contribution in [0.1, 0.15) is 42.5 Å². The number of nitrogens with two attached hydrogens (primary N) is 1. The molecule has 2 amide bonds. The Labute approximate surface area is 254 Å². The van der Waals surface area contributed by atoms with E-state index in [9.17, 15) is 39.0 Å². The highest BCUT2D eigenvalue weighted by atomic mass is 33.1. The first-order chi connectivity index (χ1) is 20.6. The van der Waals surface area contributed by atoms with E-state index in [-0.39, 0.29) is 12.0 Å². The molecular weight excluding hydrogens is 600 g/mol. The number of carboxylic acids is 2. The van der Waals surface area contributed by atoms with Crippen LogP contribution in [0.4, 0.5) is 5.69 Å². The number of para-hydroxylation sites is 1. The molecule has 43 heavy (non-hydrogen) atoms. The van der Waals surface area contributed by atoms with E-state index >= 15 is 0 Å². The van der Waals surface area contributed by atoms with E-state index in [0.29, 0.717) is 30.0 Å². The molecule has 2 aromatic rings. The Balaban J connectivity index is 2.02. The van der Waals surface area contributed by atoms with Crippen LogP contribution in [0.15, 0.2) is 58.3 Å². The molecule has 0 fully saturated rings. The van der Waals surface area contributed by atoms with Crippen LogP contribution in [-0.4, -0.2) is 70.2 Å². The van der Waals surface area contributed by atoms with E-state index in [4.69, 9.17) is 5.73 Å². The maximum atomic E-state index is 13.4. The van der Waals surface area contributed by atoms with Gasteiger partial charge in [-0.3, -0.25) is 34.2 Å². The second-order valence-electron chi connectivity index (χ2n) is 9.40. The summed E-state index contributed by atoms with van der Waals surface area (Å²) in [6.45, 7) is 0.354. The lowest BCUT2D eigenvalue weighted by atomic mass is 9.97. The summed E-state index contributed by atoms with van der Waals surface area (Å²) in [7, 11) is 2.58. The van der Waals surface area contributed by atoms with Crippen LogP contribution in [-0.2, 0) is 24.0 Å². The van der Waals surface area contributed by atoms with E-state index in [1.807, 2.05) is 6.07 Å². The highest BCUT2D eigenvalue weighted by Gasteiger charge is 2.35. The molecule has 16 heteroatoms. The van der Waals surface area contributed by atoms with Gasteiger partial charge in [-0.05, 0) is 43.7 Å². The number of carbonyl (C=O) groups is 6. The van der Waals surface area contributed by atoms with Crippen molar-refractivity contribution in [2.45, 2.75) is 60.0 Å². The number of hydrogen-bond acceptors (Lipinski definition) is 12. The molecule has 9 N–H and O–H groups in total. The fourth-order valence-corrected chi connectivity index (χ4v) is 6.31. The lowest BCUT2D eigenvalue weighted by Crippen LogP contribution is -2.57. The molecule has 1 aliphatic rings.